The van der Waals surface area contributed by atoms with Crippen LogP contribution < -0.4 is 10.3 Å². The monoisotopic (exact) mass is 486 g/mol. The number of pyridine rings is 1. The number of halogens is 2. The van der Waals surface area contributed by atoms with E-state index in [-0.39, 0.29) is 34.9 Å². The summed E-state index contributed by atoms with van der Waals surface area (Å²) in [6.45, 7) is 1.82. The number of esters is 1. The zero-order valence-electron chi connectivity index (χ0n) is 18.5. The molecule has 4 rings (SSSR count). The molecule has 0 saturated carbocycles. The molecular formula is C24H20F2N2O5S. The Morgan fingerprint density at radius 2 is 1.82 bits per heavy atom. The van der Waals surface area contributed by atoms with Crippen molar-refractivity contribution in [2.45, 2.75) is 11.8 Å². The first-order valence-corrected chi connectivity index (χ1v) is 11.8. The fourth-order valence-corrected chi connectivity index (χ4v) is 4.07. The Morgan fingerprint density at radius 3 is 2.50 bits per heavy atom. The van der Waals surface area contributed by atoms with Crippen LogP contribution in [0.15, 0.2) is 58.4 Å². The second-order valence-corrected chi connectivity index (χ2v) is 8.82. The molecule has 10 heteroatoms. The molecule has 7 nitrogen and oxygen atoms in total. The van der Waals surface area contributed by atoms with Crippen LogP contribution >= 0.6 is 0 Å². The lowest BCUT2D eigenvalue weighted by atomic mass is 10.0. The summed E-state index contributed by atoms with van der Waals surface area (Å²) in [5, 5.41) is 0.398. The third-order valence-corrected chi connectivity index (χ3v) is 6.06. The van der Waals surface area contributed by atoms with Gasteiger partial charge in [-0.1, -0.05) is 0 Å². The van der Waals surface area contributed by atoms with Crippen molar-refractivity contribution >= 4 is 27.7 Å². The second kappa shape index (κ2) is 9.22. The molecule has 0 fully saturated rings. The molecule has 2 aromatic carbocycles. The average Bonchev–Trinajstić information content (AvgIpc) is 3.24. The van der Waals surface area contributed by atoms with Gasteiger partial charge in [0.05, 0.1) is 6.61 Å². The predicted octanol–water partition coefficient (Wildman–Crippen LogP) is 4.52. The quantitative estimate of drug-likeness (QED) is 0.405. The number of aromatic nitrogens is 2. The Hall–Kier alpha value is -3.79. The number of nitrogens with zero attached hydrogens (tertiary/aromatic N) is 1. The van der Waals surface area contributed by atoms with Crippen molar-refractivity contribution in [3.63, 3.8) is 0 Å². The number of aryl methyl sites for hydroxylation is 1. The van der Waals surface area contributed by atoms with Gasteiger partial charge in [0.2, 0.25) is 0 Å². The summed E-state index contributed by atoms with van der Waals surface area (Å²) in [5.74, 6) is -2.31. The van der Waals surface area contributed by atoms with Gasteiger partial charge in [0, 0.05) is 57.8 Å². The minimum absolute atomic E-state index is 0.0867. The van der Waals surface area contributed by atoms with Gasteiger partial charge in [-0.2, -0.15) is 0 Å². The van der Waals surface area contributed by atoms with Crippen molar-refractivity contribution in [3.05, 3.63) is 76.3 Å². The van der Waals surface area contributed by atoms with Crippen molar-refractivity contribution in [3.8, 4) is 22.6 Å². The Morgan fingerprint density at radius 1 is 1.09 bits per heavy atom. The number of nitrogens with one attached hydrogen (secondary N) is 1. The fourth-order valence-electron chi connectivity index (χ4n) is 3.53. The van der Waals surface area contributed by atoms with Crippen LogP contribution in [0.1, 0.15) is 17.4 Å². The predicted molar refractivity (Wildman–Crippen MR) is 124 cm³/mol. The van der Waals surface area contributed by atoms with Crippen LogP contribution in [0.4, 0.5) is 8.78 Å². The number of H-pyrrole nitrogens is 1. The third kappa shape index (κ3) is 4.36. The van der Waals surface area contributed by atoms with E-state index in [9.17, 15) is 22.6 Å². The molecule has 0 saturated heterocycles. The number of benzene rings is 2. The Kier molecular flexibility index (Phi) is 6.34. The summed E-state index contributed by atoms with van der Waals surface area (Å²) in [6.07, 6.45) is 3.05. The van der Waals surface area contributed by atoms with Crippen LogP contribution in [0.5, 0.6) is 11.5 Å². The number of ether oxygens (including phenoxy) is 2. The van der Waals surface area contributed by atoms with E-state index in [0.29, 0.717) is 27.5 Å². The van der Waals surface area contributed by atoms with Gasteiger partial charge in [0.1, 0.15) is 22.8 Å². The van der Waals surface area contributed by atoms with Gasteiger partial charge in [-0.05, 0) is 43.3 Å². The Bertz CT molecular complexity index is 1510. The van der Waals surface area contributed by atoms with Crippen LogP contribution in [0, 0.1) is 11.6 Å². The maximum Gasteiger partial charge on any atom is 0.354 e. The fraction of sp³-hybridized carbons (Fsp3) is 0.167. The maximum atomic E-state index is 14.3. The molecule has 0 radical (unpaired) electrons. The first kappa shape index (κ1) is 23.4. The summed E-state index contributed by atoms with van der Waals surface area (Å²) in [7, 11) is 0.187. The molecular weight excluding hydrogens is 466 g/mol. The van der Waals surface area contributed by atoms with E-state index in [4.69, 9.17) is 9.47 Å². The molecule has 0 amide bonds. The van der Waals surface area contributed by atoms with Crippen LogP contribution in [-0.2, 0) is 22.6 Å². The lowest BCUT2D eigenvalue weighted by molar-refractivity contribution is 0.0520. The van der Waals surface area contributed by atoms with E-state index >= 15 is 0 Å². The van der Waals surface area contributed by atoms with Crippen LogP contribution in [-0.4, -0.2) is 32.6 Å². The van der Waals surface area contributed by atoms with Gasteiger partial charge in [-0.15, -0.1) is 0 Å². The van der Waals surface area contributed by atoms with Crippen LogP contribution in [0.25, 0.3) is 22.0 Å². The smallest absolute Gasteiger partial charge is 0.354 e. The summed E-state index contributed by atoms with van der Waals surface area (Å²) in [6, 6.07) is 9.10. The molecule has 1 atom stereocenters. The van der Waals surface area contributed by atoms with Crippen molar-refractivity contribution in [1.29, 1.82) is 0 Å². The number of hydrogen-bond donors (Lipinski definition) is 1. The molecule has 0 aliphatic rings. The number of aromatic amines is 1. The molecule has 2 heterocycles. The third-order valence-electron chi connectivity index (χ3n) is 5.15. The minimum Gasteiger partial charge on any atom is -0.461 e. The SMILES string of the molecule is CCOC(=O)c1cc2c(-c3cc(S(C)=O)ccc3Oc3ccc(F)cc3F)cn(C)c(=O)c2[nH]1. The number of rotatable bonds is 6. The van der Waals surface area contributed by atoms with Crippen molar-refractivity contribution in [2.24, 2.45) is 7.05 Å². The van der Waals surface area contributed by atoms with E-state index in [1.165, 1.54) is 30.0 Å². The topological polar surface area (TPSA) is 90.4 Å². The van der Waals surface area contributed by atoms with Crippen LogP contribution in [0.2, 0.25) is 0 Å². The maximum absolute atomic E-state index is 14.3. The highest BCUT2D eigenvalue weighted by Gasteiger charge is 2.20. The molecule has 1 N–H and O–H groups in total. The zero-order chi connectivity index (χ0) is 24.6. The van der Waals surface area contributed by atoms with Crippen molar-refractivity contribution < 1.29 is 27.3 Å². The molecule has 1 unspecified atom stereocenters. The van der Waals surface area contributed by atoms with E-state index in [1.54, 1.807) is 25.3 Å². The Labute approximate surface area is 195 Å². The first-order chi connectivity index (χ1) is 16.2. The van der Waals surface area contributed by atoms with Gasteiger partial charge in [0.15, 0.2) is 11.6 Å². The highest BCUT2D eigenvalue weighted by Crippen LogP contribution is 2.38. The minimum atomic E-state index is -1.35. The van der Waals surface area contributed by atoms with E-state index in [1.807, 2.05) is 0 Å². The lowest BCUT2D eigenvalue weighted by Gasteiger charge is -2.15. The van der Waals surface area contributed by atoms with Gasteiger partial charge in [-0.3, -0.25) is 9.00 Å². The van der Waals surface area contributed by atoms with Gasteiger partial charge >= 0.3 is 5.97 Å². The van der Waals surface area contributed by atoms with Crippen molar-refractivity contribution in [1.82, 2.24) is 9.55 Å². The zero-order valence-corrected chi connectivity index (χ0v) is 19.3. The summed E-state index contributed by atoms with van der Waals surface area (Å²) in [5.41, 5.74) is 0.727. The summed E-state index contributed by atoms with van der Waals surface area (Å²) >= 11 is 0. The lowest BCUT2D eigenvalue weighted by Crippen LogP contribution is -2.17. The van der Waals surface area contributed by atoms with E-state index in [2.05, 4.69) is 4.98 Å². The summed E-state index contributed by atoms with van der Waals surface area (Å²) < 4.78 is 52.0. The van der Waals surface area contributed by atoms with Crippen molar-refractivity contribution in [2.75, 3.05) is 12.9 Å². The molecule has 0 aliphatic heterocycles. The second-order valence-electron chi connectivity index (χ2n) is 7.44. The van der Waals surface area contributed by atoms with E-state index in [0.717, 1.165) is 12.1 Å². The van der Waals surface area contributed by atoms with E-state index < -0.39 is 28.4 Å². The molecule has 34 heavy (non-hydrogen) atoms. The Balaban J connectivity index is 1.96. The van der Waals surface area contributed by atoms with Crippen LogP contribution in [0.3, 0.4) is 0 Å². The largest absolute Gasteiger partial charge is 0.461 e. The number of fused-ring (bicyclic) bond motifs is 1. The van der Waals surface area contributed by atoms with Gasteiger partial charge in [-0.25, -0.2) is 13.6 Å². The van der Waals surface area contributed by atoms with Gasteiger partial charge in [0.25, 0.3) is 5.56 Å². The molecule has 0 aliphatic carbocycles. The molecule has 0 spiro atoms. The molecule has 0 bridgehead atoms. The average molecular weight is 486 g/mol. The standard InChI is InChI=1S/C24H20F2N2O5S/c1-4-32-24(30)19-11-16-17(12-28(2)23(29)22(16)27-19)15-10-14(34(3)31)6-8-20(15)33-21-7-5-13(25)9-18(21)26/h5-12,27H,4H2,1-3H3. The highest BCUT2D eigenvalue weighted by molar-refractivity contribution is 7.84. The molecule has 176 valence electrons. The first-order valence-electron chi connectivity index (χ1n) is 10.2. The highest BCUT2D eigenvalue weighted by atomic mass is 32.2. The number of hydrogen-bond acceptors (Lipinski definition) is 5. The summed E-state index contributed by atoms with van der Waals surface area (Å²) in [4.78, 5) is 28.3. The number of carbonyl (C=O) groups excluding carboxylic acids is 1. The molecule has 4 aromatic rings. The normalized spacial score (nSPS) is 12.0. The molecule has 2 aromatic heterocycles. The number of carbonyl (C=O) groups is 1. The van der Waals surface area contributed by atoms with Gasteiger partial charge < -0.3 is 19.0 Å².